The minimum absolute atomic E-state index is 0.385. The topological polar surface area (TPSA) is 54.7 Å². The summed E-state index contributed by atoms with van der Waals surface area (Å²) in [6.07, 6.45) is -10.1. The number of benzene rings is 1. The standard InChI is InChI=1S/C8H4F6N2O2/c9-7(10,11)17-5-1-4(16-15)2-6(3-5)18-8(12,13)14/h1-3,15H. The van der Waals surface area contributed by atoms with Crippen LogP contribution in [0.5, 0.6) is 11.5 Å². The first-order chi connectivity index (χ1) is 8.09. The van der Waals surface area contributed by atoms with Gasteiger partial charge in [-0.1, -0.05) is 0 Å². The van der Waals surface area contributed by atoms with E-state index in [1.54, 1.807) is 0 Å². The van der Waals surface area contributed by atoms with Gasteiger partial charge in [-0.3, -0.25) is 0 Å². The molecule has 10 heteroatoms. The molecule has 18 heavy (non-hydrogen) atoms. The summed E-state index contributed by atoms with van der Waals surface area (Å²) in [5.74, 6) is -1.93. The largest absolute Gasteiger partial charge is 0.573 e. The molecule has 100 valence electrons. The summed E-state index contributed by atoms with van der Waals surface area (Å²) < 4.78 is 78.1. The summed E-state index contributed by atoms with van der Waals surface area (Å²) in [7, 11) is 0. The highest BCUT2D eigenvalue weighted by atomic mass is 19.4. The number of hydrogen-bond acceptors (Lipinski definition) is 4. The van der Waals surface area contributed by atoms with Crippen molar-refractivity contribution in [2.45, 2.75) is 12.7 Å². The Balaban J connectivity index is 3.05. The van der Waals surface area contributed by atoms with Gasteiger partial charge in [0.15, 0.2) is 0 Å². The Morgan fingerprint density at radius 3 is 1.50 bits per heavy atom. The van der Waals surface area contributed by atoms with Crippen LogP contribution in [0.15, 0.2) is 23.3 Å². The van der Waals surface area contributed by atoms with Crippen molar-refractivity contribution in [2.24, 2.45) is 5.11 Å². The third kappa shape index (κ3) is 4.89. The molecule has 0 aromatic heterocycles. The summed E-state index contributed by atoms with van der Waals surface area (Å²) in [5, 5.41) is 2.71. The van der Waals surface area contributed by atoms with Gasteiger partial charge in [0.1, 0.15) is 11.5 Å². The average Bonchev–Trinajstić information content (AvgIpc) is 2.11. The zero-order valence-electron chi connectivity index (χ0n) is 8.26. The van der Waals surface area contributed by atoms with Crippen LogP contribution in [0.1, 0.15) is 0 Å². The lowest BCUT2D eigenvalue weighted by Gasteiger charge is -2.12. The smallest absolute Gasteiger partial charge is 0.406 e. The van der Waals surface area contributed by atoms with Crippen LogP contribution in [0.2, 0.25) is 0 Å². The van der Waals surface area contributed by atoms with Gasteiger partial charge < -0.3 is 9.47 Å². The molecular weight excluding hydrogens is 270 g/mol. The Kier molecular flexibility index (Phi) is 3.67. The Hall–Kier alpha value is -2.00. The molecule has 0 spiro atoms. The first-order valence-electron chi connectivity index (χ1n) is 4.13. The molecule has 0 bridgehead atoms. The van der Waals surface area contributed by atoms with Crippen molar-refractivity contribution in [1.82, 2.24) is 0 Å². The highest BCUT2D eigenvalue weighted by Crippen LogP contribution is 2.33. The van der Waals surface area contributed by atoms with E-state index in [2.05, 4.69) is 14.6 Å². The number of hydrogen-bond donors (Lipinski definition) is 1. The molecule has 0 saturated heterocycles. The van der Waals surface area contributed by atoms with Crippen molar-refractivity contribution >= 4 is 5.69 Å². The number of nitrogens with one attached hydrogen (secondary N) is 1. The second-order valence-electron chi connectivity index (χ2n) is 2.87. The van der Waals surface area contributed by atoms with Gasteiger partial charge in [0.05, 0.1) is 5.69 Å². The number of alkyl halides is 6. The van der Waals surface area contributed by atoms with Gasteiger partial charge in [-0.15, -0.1) is 26.3 Å². The molecule has 0 atom stereocenters. The van der Waals surface area contributed by atoms with Gasteiger partial charge in [-0.2, -0.15) is 5.11 Å². The van der Waals surface area contributed by atoms with E-state index in [0.717, 1.165) is 0 Å². The predicted octanol–water partition coefficient (Wildman–Crippen LogP) is 4.15. The van der Waals surface area contributed by atoms with Crippen LogP contribution < -0.4 is 9.47 Å². The lowest BCUT2D eigenvalue weighted by atomic mass is 10.3. The SMILES string of the molecule is N=Nc1cc(OC(F)(F)F)cc(OC(F)(F)F)c1. The molecule has 0 saturated carbocycles. The van der Waals surface area contributed by atoms with Crippen molar-refractivity contribution < 1.29 is 35.8 Å². The van der Waals surface area contributed by atoms with Crippen LogP contribution in [-0.2, 0) is 0 Å². The van der Waals surface area contributed by atoms with E-state index >= 15 is 0 Å². The third-order valence-electron chi connectivity index (χ3n) is 1.46. The summed E-state index contributed by atoms with van der Waals surface area (Å²) in [6, 6.07) is 1.67. The fourth-order valence-electron chi connectivity index (χ4n) is 1.01. The number of halogens is 6. The zero-order valence-corrected chi connectivity index (χ0v) is 8.26. The van der Waals surface area contributed by atoms with E-state index in [-0.39, 0.29) is 0 Å². The van der Waals surface area contributed by atoms with Crippen molar-refractivity contribution in [3.8, 4) is 11.5 Å². The van der Waals surface area contributed by atoms with Gasteiger partial charge in [-0.05, 0) is 0 Å². The average molecular weight is 274 g/mol. The van der Waals surface area contributed by atoms with Gasteiger partial charge in [0, 0.05) is 18.2 Å². The predicted molar refractivity (Wildman–Crippen MR) is 44.6 cm³/mol. The maximum absolute atomic E-state index is 11.9. The van der Waals surface area contributed by atoms with Gasteiger partial charge >= 0.3 is 12.7 Å². The van der Waals surface area contributed by atoms with Crippen LogP contribution in [0.3, 0.4) is 0 Å². The minimum Gasteiger partial charge on any atom is -0.406 e. The highest BCUT2D eigenvalue weighted by Gasteiger charge is 2.33. The Morgan fingerprint density at radius 2 is 1.22 bits per heavy atom. The normalized spacial score (nSPS) is 12.1. The fourth-order valence-corrected chi connectivity index (χ4v) is 1.01. The molecule has 1 N–H and O–H groups in total. The first-order valence-corrected chi connectivity index (χ1v) is 4.13. The molecule has 0 aliphatic rings. The molecule has 0 heterocycles. The van der Waals surface area contributed by atoms with Crippen LogP contribution >= 0.6 is 0 Å². The molecule has 1 aromatic rings. The molecule has 0 radical (unpaired) electrons. The summed E-state index contributed by atoms with van der Waals surface area (Å²) >= 11 is 0. The molecule has 0 fully saturated rings. The molecule has 0 unspecified atom stereocenters. The Bertz CT molecular complexity index is 408. The first kappa shape index (κ1) is 14.1. The van der Waals surface area contributed by atoms with Crippen molar-refractivity contribution in [1.29, 1.82) is 5.53 Å². The van der Waals surface area contributed by atoms with Crippen LogP contribution in [0.4, 0.5) is 32.0 Å². The van der Waals surface area contributed by atoms with Crippen LogP contribution in [0, 0.1) is 5.53 Å². The van der Waals surface area contributed by atoms with Crippen molar-refractivity contribution in [3.05, 3.63) is 18.2 Å². The van der Waals surface area contributed by atoms with Crippen LogP contribution in [0.25, 0.3) is 0 Å². The Labute approximate surface area is 95.6 Å². The van der Waals surface area contributed by atoms with E-state index in [1.165, 1.54) is 0 Å². The molecule has 0 amide bonds. The van der Waals surface area contributed by atoms with Crippen molar-refractivity contribution in [3.63, 3.8) is 0 Å². The van der Waals surface area contributed by atoms with E-state index in [1.807, 2.05) is 0 Å². The fraction of sp³-hybridized carbons (Fsp3) is 0.250. The third-order valence-corrected chi connectivity index (χ3v) is 1.46. The lowest BCUT2D eigenvalue weighted by Crippen LogP contribution is -2.18. The molecule has 4 nitrogen and oxygen atoms in total. The summed E-state index contributed by atoms with van der Waals surface area (Å²) in [6.45, 7) is 0. The summed E-state index contributed by atoms with van der Waals surface area (Å²) in [4.78, 5) is 0. The van der Waals surface area contributed by atoms with E-state index in [4.69, 9.17) is 5.53 Å². The Morgan fingerprint density at radius 1 is 0.833 bits per heavy atom. The lowest BCUT2D eigenvalue weighted by molar-refractivity contribution is -0.276. The second-order valence-corrected chi connectivity index (χ2v) is 2.87. The van der Waals surface area contributed by atoms with Crippen molar-refractivity contribution in [2.75, 3.05) is 0 Å². The highest BCUT2D eigenvalue weighted by molar-refractivity contribution is 5.49. The van der Waals surface area contributed by atoms with E-state index < -0.39 is 29.9 Å². The monoisotopic (exact) mass is 274 g/mol. The van der Waals surface area contributed by atoms with Gasteiger partial charge in [0.25, 0.3) is 0 Å². The molecular formula is C8H4F6N2O2. The zero-order chi connectivity index (χ0) is 14.0. The van der Waals surface area contributed by atoms with E-state index in [9.17, 15) is 26.3 Å². The number of rotatable bonds is 3. The quantitative estimate of drug-likeness (QED) is 0.665. The second kappa shape index (κ2) is 4.70. The van der Waals surface area contributed by atoms with E-state index in [0.29, 0.717) is 18.2 Å². The summed E-state index contributed by atoms with van der Waals surface area (Å²) in [5.41, 5.74) is 6.07. The number of ether oxygens (including phenoxy) is 2. The van der Waals surface area contributed by atoms with Crippen LogP contribution in [-0.4, -0.2) is 12.7 Å². The molecule has 1 aromatic carbocycles. The molecule has 0 aliphatic heterocycles. The molecule has 1 rings (SSSR count). The minimum atomic E-state index is -5.07. The van der Waals surface area contributed by atoms with Gasteiger partial charge in [-0.25, -0.2) is 5.53 Å². The maximum atomic E-state index is 11.9. The number of nitrogens with zero attached hydrogens (tertiary/aromatic N) is 1. The molecule has 0 aliphatic carbocycles. The maximum Gasteiger partial charge on any atom is 0.573 e. The van der Waals surface area contributed by atoms with Gasteiger partial charge in [0.2, 0.25) is 0 Å².